The van der Waals surface area contributed by atoms with Crippen molar-refractivity contribution < 1.29 is 14.1 Å². The molecule has 2 rings (SSSR count). The zero-order chi connectivity index (χ0) is 14.0. The van der Waals surface area contributed by atoms with Crippen molar-refractivity contribution in [3.8, 4) is 0 Å². The third-order valence-electron chi connectivity index (χ3n) is 3.13. The summed E-state index contributed by atoms with van der Waals surface area (Å²) in [5.74, 6) is 1.29. The van der Waals surface area contributed by atoms with E-state index in [1.165, 1.54) is 16.7 Å². The van der Waals surface area contributed by atoms with Crippen molar-refractivity contribution in [2.24, 2.45) is 0 Å². The van der Waals surface area contributed by atoms with Crippen LogP contribution < -0.4 is 5.32 Å². The summed E-state index contributed by atoms with van der Waals surface area (Å²) in [6.45, 7) is 6.54. The topological polar surface area (TPSA) is 75.4 Å². The maximum atomic E-state index is 12.1. The van der Waals surface area contributed by atoms with Crippen LogP contribution >= 0.6 is 11.8 Å². The number of nitrogens with one attached hydrogen (secondary N) is 1. The molecule has 0 unspecified atom stereocenters. The zero-order valence-corrected chi connectivity index (χ0v) is 12.0. The first-order valence-electron chi connectivity index (χ1n) is 6.13. The molecule has 7 heteroatoms. The third-order valence-corrected chi connectivity index (χ3v) is 4.29. The van der Waals surface area contributed by atoms with Gasteiger partial charge in [0.15, 0.2) is 0 Å². The molecule has 0 spiro atoms. The van der Waals surface area contributed by atoms with Gasteiger partial charge < -0.3 is 9.84 Å². The number of rotatable bonds is 4. The van der Waals surface area contributed by atoms with E-state index in [1.807, 2.05) is 20.8 Å². The minimum Gasteiger partial charge on any atom is -0.361 e. The highest BCUT2D eigenvalue weighted by Crippen LogP contribution is 2.24. The average Bonchev–Trinajstić information content (AvgIpc) is 2.93. The summed E-state index contributed by atoms with van der Waals surface area (Å²) >= 11 is 1.49. The van der Waals surface area contributed by atoms with Crippen LogP contribution in [0.2, 0.25) is 0 Å². The summed E-state index contributed by atoms with van der Waals surface area (Å²) in [5.41, 5.74) is 1.87. The number of amides is 3. The number of aromatic nitrogens is 1. The second-order valence-corrected chi connectivity index (χ2v) is 5.81. The molecule has 104 valence electrons. The molecule has 0 aliphatic carbocycles. The van der Waals surface area contributed by atoms with Gasteiger partial charge in [0.25, 0.3) is 0 Å². The molecule has 1 N–H and O–H groups in total. The molecule has 19 heavy (non-hydrogen) atoms. The van der Waals surface area contributed by atoms with Gasteiger partial charge in [-0.05, 0) is 20.8 Å². The predicted octanol–water partition coefficient (Wildman–Crippen LogP) is 1.46. The SMILES string of the molecule is Cc1noc(C)c1CS[C@H](C)C(=O)N1CCNC1=O. The van der Waals surface area contributed by atoms with E-state index < -0.39 is 0 Å². The molecular weight excluding hydrogens is 266 g/mol. The van der Waals surface area contributed by atoms with Crippen molar-refractivity contribution >= 4 is 23.7 Å². The highest BCUT2D eigenvalue weighted by atomic mass is 32.2. The molecule has 3 amide bonds. The Balaban J connectivity index is 1.92. The summed E-state index contributed by atoms with van der Waals surface area (Å²) in [4.78, 5) is 24.8. The van der Waals surface area contributed by atoms with Gasteiger partial charge in [-0.3, -0.25) is 9.69 Å². The summed E-state index contributed by atoms with van der Waals surface area (Å²) < 4.78 is 5.08. The Labute approximate surface area is 115 Å². The molecule has 2 heterocycles. The van der Waals surface area contributed by atoms with E-state index in [4.69, 9.17) is 4.52 Å². The number of nitrogens with zero attached hydrogens (tertiary/aromatic N) is 2. The molecule has 1 aromatic rings. The second kappa shape index (κ2) is 5.64. The molecule has 6 nitrogen and oxygen atoms in total. The molecule has 1 atom stereocenters. The van der Waals surface area contributed by atoms with Gasteiger partial charge in [0.05, 0.1) is 10.9 Å². The average molecular weight is 283 g/mol. The van der Waals surface area contributed by atoms with E-state index in [1.54, 1.807) is 0 Å². The van der Waals surface area contributed by atoms with Crippen molar-refractivity contribution in [3.05, 3.63) is 17.0 Å². The van der Waals surface area contributed by atoms with Crippen molar-refractivity contribution in [1.29, 1.82) is 0 Å². The number of hydrogen-bond acceptors (Lipinski definition) is 5. The van der Waals surface area contributed by atoms with Gasteiger partial charge in [-0.25, -0.2) is 4.79 Å². The van der Waals surface area contributed by atoms with E-state index in [2.05, 4.69) is 10.5 Å². The molecule has 0 radical (unpaired) electrons. The predicted molar refractivity (Wildman–Crippen MR) is 71.8 cm³/mol. The van der Waals surface area contributed by atoms with E-state index in [0.717, 1.165) is 17.0 Å². The lowest BCUT2D eigenvalue weighted by atomic mass is 10.2. The smallest absolute Gasteiger partial charge is 0.324 e. The molecular formula is C12H17N3O3S. The Bertz CT molecular complexity index is 481. The highest BCUT2D eigenvalue weighted by Gasteiger charge is 2.30. The van der Waals surface area contributed by atoms with Crippen LogP contribution in [0.3, 0.4) is 0 Å². The standard InChI is InChI=1S/C12H17N3O3S/c1-7-10(8(2)18-14-7)6-19-9(3)11(16)15-5-4-13-12(15)17/h9H,4-6H2,1-3H3,(H,13,17)/t9-/m1/s1. The van der Waals surface area contributed by atoms with Gasteiger partial charge in [-0.2, -0.15) is 0 Å². The monoisotopic (exact) mass is 283 g/mol. The van der Waals surface area contributed by atoms with Gasteiger partial charge in [0.1, 0.15) is 5.76 Å². The fourth-order valence-electron chi connectivity index (χ4n) is 1.89. The lowest BCUT2D eigenvalue weighted by molar-refractivity contribution is -0.126. The normalized spacial score (nSPS) is 16.6. The number of carbonyl (C=O) groups is 2. The lowest BCUT2D eigenvalue weighted by Gasteiger charge is -2.17. The zero-order valence-electron chi connectivity index (χ0n) is 11.2. The first kappa shape index (κ1) is 13.9. The van der Waals surface area contributed by atoms with Crippen LogP contribution in [-0.2, 0) is 10.5 Å². The van der Waals surface area contributed by atoms with Crippen LogP contribution in [0.5, 0.6) is 0 Å². The maximum absolute atomic E-state index is 12.1. The summed E-state index contributed by atoms with van der Waals surface area (Å²) in [7, 11) is 0. The van der Waals surface area contributed by atoms with Crippen LogP contribution in [0.15, 0.2) is 4.52 Å². The van der Waals surface area contributed by atoms with Crippen molar-refractivity contribution in [2.45, 2.75) is 31.8 Å². The summed E-state index contributed by atoms with van der Waals surface area (Å²) in [5, 5.41) is 6.24. The molecule has 1 saturated heterocycles. The van der Waals surface area contributed by atoms with E-state index in [9.17, 15) is 9.59 Å². The van der Waals surface area contributed by atoms with E-state index in [-0.39, 0.29) is 17.2 Å². The Morgan fingerprint density at radius 2 is 2.32 bits per heavy atom. The van der Waals surface area contributed by atoms with Gasteiger partial charge in [-0.1, -0.05) is 5.16 Å². The number of aryl methyl sites for hydroxylation is 2. The number of thioether (sulfide) groups is 1. The van der Waals surface area contributed by atoms with Crippen LogP contribution in [0.25, 0.3) is 0 Å². The fraction of sp³-hybridized carbons (Fsp3) is 0.583. The quantitative estimate of drug-likeness (QED) is 0.905. The highest BCUT2D eigenvalue weighted by molar-refractivity contribution is 7.99. The lowest BCUT2D eigenvalue weighted by Crippen LogP contribution is -2.39. The van der Waals surface area contributed by atoms with Gasteiger partial charge in [-0.15, -0.1) is 11.8 Å². The number of hydrogen-bond donors (Lipinski definition) is 1. The molecule has 0 saturated carbocycles. The molecule has 0 aromatic carbocycles. The number of carbonyl (C=O) groups excluding carboxylic acids is 2. The van der Waals surface area contributed by atoms with Crippen molar-refractivity contribution in [2.75, 3.05) is 13.1 Å². The minimum atomic E-state index is -0.296. The van der Waals surface area contributed by atoms with Crippen LogP contribution in [-0.4, -0.2) is 40.3 Å². The summed E-state index contributed by atoms with van der Waals surface area (Å²) in [6.07, 6.45) is 0. The Kier molecular flexibility index (Phi) is 4.14. The Morgan fingerprint density at radius 3 is 2.84 bits per heavy atom. The minimum absolute atomic E-state index is 0.147. The number of imide groups is 1. The molecule has 0 bridgehead atoms. The maximum Gasteiger partial charge on any atom is 0.324 e. The fourth-order valence-corrected chi connectivity index (χ4v) is 2.99. The first-order chi connectivity index (χ1) is 9.00. The third kappa shape index (κ3) is 2.91. The Morgan fingerprint density at radius 1 is 1.58 bits per heavy atom. The summed E-state index contributed by atoms with van der Waals surface area (Å²) in [6, 6.07) is -0.296. The second-order valence-electron chi connectivity index (χ2n) is 4.48. The first-order valence-corrected chi connectivity index (χ1v) is 7.18. The largest absolute Gasteiger partial charge is 0.361 e. The molecule has 1 aliphatic rings. The molecule has 1 fully saturated rings. The van der Waals surface area contributed by atoms with Crippen molar-refractivity contribution in [1.82, 2.24) is 15.4 Å². The van der Waals surface area contributed by atoms with Gasteiger partial charge in [0, 0.05) is 24.4 Å². The molecule has 1 aromatic heterocycles. The van der Waals surface area contributed by atoms with Crippen LogP contribution in [0.1, 0.15) is 23.9 Å². The van der Waals surface area contributed by atoms with Gasteiger partial charge in [0.2, 0.25) is 5.91 Å². The van der Waals surface area contributed by atoms with Crippen molar-refractivity contribution in [3.63, 3.8) is 0 Å². The van der Waals surface area contributed by atoms with Crippen LogP contribution in [0.4, 0.5) is 4.79 Å². The van der Waals surface area contributed by atoms with E-state index >= 15 is 0 Å². The Hall–Kier alpha value is -1.50. The van der Waals surface area contributed by atoms with Gasteiger partial charge >= 0.3 is 6.03 Å². The number of urea groups is 1. The van der Waals surface area contributed by atoms with Crippen LogP contribution in [0, 0.1) is 13.8 Å². The molecule has 1 aliphatic heterocycles. The van der Waals surface area contributed by atoms with E-state index in [0.29, 0.717) is 18.8 Å².